The minimum atomic E-state index is -3.73. The van der Waals surface area contributed by atoms with Gasteiger partial charge in [-0.15, -0.1) is 5.10 Å². The molecule has 0 unspecified atom stereocenters. The lowest BCUT2D eigenvalue weighted by Crippen LogP contribution is -2.35. The molecule has 128 valence electrons. The van der Waals surface area contributed by atoms with Crippen molar-refractivity contribution in [1.29, 1.82) is 0 Å². The van der Waals surface area contributed by atoms with Crippen LogP contribution in [0.2, 0.25) is 0 Å². The van der Waals surface area contributed by atoms with E-state index in [1.807, 2.05) is 0 Å². The second-order valence-electron chi connectivity index (χ2n) is 6.34. The molecule has 0 bridgehead atoms. The van der Waals surface area contributed by atoms with Crippen molar-refractivity contribution >= 4 is 19.7 Å². The zero-order valence-electron chi connectivity index (χ0n) is 12.8. The fraction of sp³-hybridized carbons (Fsp3) is 0.714. The highest BCUT2D eigenvalue weighted by Gasteiger charge is 2.39. The lowest BCUT2D eigenvalue weighted by Gasteiger charge is -2.09. The second-order valence-corrected chi connectivity index (χ2v) is 10.7. The molecular weight excluding hydrogens is 340 g/mol. The summed E-state index contributed by atoms with van der Waals surface area (Å²) in [5, 5.41) is 0.581. The van der Waals surface area contributed by atoms with Crippen LogP contribution in [0.15, 0.2) is 22.2 Å². The zero-order valence-corrected chi connectivity index (χ0v) is 14.4. The Morgan fingerprint density at radius 2 is 1.30 bits per heavy atom. The number of aromatic amines is 1. The summed E-state index contributed by atoms with van der Waals surface area (Å²) in [6.45, 7) is 0. The van der Waals surface area contributed by atoms with Crippen molar-refractivity contribution in [2.45, 2.75) is 71.9 Å². The molecule has 0 spiro atoms. The van der Waals surface area contributed by atoms with Crippen molar-refractivity contribution < 1.29 is 21.4 Å². The van der Waals surface area contributed by atoms with E-state index in [4.69, 9.17) is 0 Å². The molecule has 2 aliphatic carbocycles. The quantitative estimate of drug-likeness (QED) is 0.815. The standard InChI is InChI=1S/C14H21N2O5S2/c17-16-14(23(20,21)12-7-3-4-8-12)10-9-13(15-16)22(18,19)11-5-1-2-6-11/h9-12H,1-8H2,(H,15,17)/q+1. The smallest absolute Gasteiger partial charge is 0.222 e. The van der Waals surface area contributed by atoms with E-state index in [1.54, 1.807) is 0 Å². The number of hydrogen-bond donors (Lipinski definition) is 1. The molecule has 1 N–H and O–H groups in total. The highest BCUT2D eigenvalue weighted by Crippen LogP contribution is 2.30. The summed E-state index contributed by atoms with van der Waals surface area (Å²) in [5.74, 6) is 0. The first-order valence-electron chi connectivity index (χ1n) is 7.97. The van der Waals surface area contributed by atoms with E-state index in [-0.39, 0.29) is 9.57 Å². The van der Waals surface area contributed by atoms with Crippen LogP contribution in [-0.2, 0) is 19.7 Å². The fourth-order valence-electron chi connectivity index (χ4n) is 3.52. The van der Waals surface area contributed by atoms with Crippen LogP contribution in [0, 0.1) is 4.91 Å². The highest BCUT2D eigenvalue weighted by molar-refractivity contribution is 7.92. The molecule has 23 heavy (non-hydrogen) atoms. The van der Waals surface area contributed by atoms with Gasteiger partial charge in [0.1, 0.15) is 0 Å². The number of sulfone groups is 2. The first kappa shape index (κ1) is 16.6. The van der Waals surface area contributed by atoms with Crippen LogP contribution in [0.4, 0.5) is 0 Å². The van der Waals surface area contributed by atoms with E-state index < -0.39 is 35.2 Å². The summed E-state index contributed by atoms with van der Waals surface area (Å²) in [7, 11) is -7.34. The monoisotopic (exact) mass is 361 g/mol. The van der Waals surface area contributed by atoms with Crippen LogP contribution >= 0.6 is 0 Å². The third-order valence-corrected chi connectivity index (χ3v) is 9.29. The molecule has 9 heteroatoms. The van der Waals surface area contributed by atoms with E-state index in [0.717, 1.165) is 31.7 Å². The van der Waals surface area contributed by atoms with Crippen LogP contribution in [-0.4, -0.2) is 32.4 Å². The van der Waals surface area contributed by atoms with Crippen molar-refractivity contribution in [3.63, 3.8) is 0 Å². The number of nitrogens with one attached hydrogen (secondary N) is 1. The molecule has 0 atom stereocenters. The topological polar surface area (TPSA) is 107 Å². The minimum Gasteiger partial charge on any atom is -0.222 e. The van der Waals surface area contributed by atoms with Gasteiger partial charge in [-0.25, -0.2) is 16.8 Å². The highest BCUT2D eigenvalue weighted by atomic mass is 32.2. The molecular formula is C14H21N2O5S2+. The second kappa shape index (κ2) is 6.01. The number of hydrogen-bond acceptors (Lipinski definition) is 5. The number of H-pyrrole nitrogens is 1. The van der Waals surface area contributed by atoms with E-state index in [1.165, 1.54) is 6.07 Å². The normalized spacial score (nSPS) is 21.0. The van der Waals surface area contributed by atoms with E-state index in [9.17, 15) is 21.7 Å². The summed E-state index contributed by atoms with van der Waals surface area (Å²) in [6.07, 6.45) is 5.63. The molecule has 0 amide bonds. The molecule has 0 saturated heterocycles. The van der Waals surface area contributed by atoms with Crippen LogP contribution in [0.25, 0.3) is 0 Å². The van der Waals surface area contributed by atoms with Gasteiger partial charge in [0.2, 0.25) is 19.7 Å². The van der Waals surface area contributed by atoms with E-state index in [2.05, 4.69) is 5.10 Å². The lowest BCUT2D eigenvalue weighted by atomic mass is 10.4. The average molecular weight is 361 g/mol. The third kappa shape index (κ3) is 2.96. The van der Waals surface area contributed by atoms with Crippen LogP contribution in [0.5, 0.6) is 0 Å². The largest absolute Gasteiger partial charge is 0.382 e. The Hall–Kier alpha value is -1.22. The van der Waals surface area contributed by atoms with Crippen LogP contribution in [0.1, 0.15) is 51.4 Å². The molecule has 1 aromatic heterocycles. The van der Waals surface area contributed by atoms with Gasteiger partial charge in [-0.1, -0.05) is 25.7 Å². The van der Waals surface area contributed by atoms with Crippen molar-refractivity contribution in [2.24, 2.45) is 0 Å². The fourth-order valence-corrected chi connectivity index (χ4v) is 7.13. The number of aromatic nitrogens is 2. The van der Waals surface area contributed by atoms with Crippen LogP contribution in [0.3, 0.4) is 0 Å². The Kier molecular flexibility index (Phi) is 4.35. The molecule has 7 nitrogen and oxygen atoms in total. The maximum absolute atomic E-state index is 12.5. The summed E-state index contributed by atoms with van der Waals surface area (Å²) in [5.41, 5.74) is 0. The predicted octanol–water partition coefficient (Wildman–Crippen LogP) is 1.36. The van der Waals surface area contributed by atoms with E-state index >= 15 is 0 Å². The maximum Gasteiger partial charge on any atom is 0.382 e. The van der Waals surface area contributed by atoms with Gasteiger partial charge in [0.25, 0.3) is 0 Å². The molecule has 1 heterocycles. The molecule has 0 radical (unpaired) electrons. The zero-order chi connectivity index (χ0) is 16.7. The number of nitrogens with zero attached hydrogens (tertiary/aromatic N) is 1. The SMILES string of the molecule is O=[n+]1[nH]c(S(=O)(=O)C2CCCC2)ccc1S(=O)(=O)C1CCCC1. The third-order valence-electron chi connectivity index (χ3n) is 4.87. The predicted molar refractivity (Wildman–Crippen MR) is 83.0 cm³/mol. The average Bonchev–Trinajstić information content (AvgIpc) is 3.20. The van der Waals surface area contributed by atoms with Gasteiger partial charge in [-0.2, -0.15) is 0 Å². The summed E-state index contributed by atoms with van der Waals surface area (Å²) < 4.78 is 50.0. The molecule has 3 rings (SSSR count). The number of rotatable bonds is 4. The van der Waals surface area contributed by atoms with Crippen molar-refractivity contribution in [1.82, 2.24) is 5.10 Å². The molecule has 0 aliphatic heterocycles. The van der Waals surface area contributed by atoms with Gasteiger partial charge in [-0.3, -0.25) is 0 Å². The van der Waals surface area contributed by atoms with Gasteiger partial charge in [0, 0.05) is 6.07 Å². The Morgan fingerprint density at radius 3 is 1.78 bits per heavy atom. The summed E-state index contributed by atoms with van der Waals surface area (Å²) in [4.78, 5) is 12.1. The van der Waals surface area contributed by atoms with Crippen molar-refractivity contribution in [3.05, 3.63) is 17.0 Å². The van der Waals surface area contributed by atoms with Crippen molar-refractivity contribution in [2.75, 3.05) is 0 Å². The lowest BCUT2D eigenvalue weighted by molar-refractivity contribution is -0.610. The van der Waals surface area contributed by atoms with Gasteiger partial charge < -0.3 is 0 Å². The Morgan fingerprint density at radius 1 is 0.826 bits per heavy atom. The summed E-state index contributed by atoms with van der Waals surface area (Å²) >= 11 is 0. The van der Waals surface area contributed by atoms with Gasteiger partial charge in [0.15, 0.2) is 9.57 Å². The van der Waals surface area contributed by atoms with Gasteiger partial charge in [0.05, 0.1) is 15.4 Å². The van der Waals surface area contributed by atoms with Gasteiger partial charge in [-0.05, 0) is 31.7 Å². The first-order chi connectivity index (χ1) is 10.8. The van der Waals surface area contributed by atoms with Crippen molar-refractivity contribution in [3.8, 4) is 0 Å². The molecule has 0 aromatic carbocycles. The summed E-state index contributed by atoms with van der Waals surface area (Å²) in [6, 6.07) is 2.34. The maximum atomic E-state index is 12.5. The minimum absolute atomic E-state index is 0.0927. The molecule has 2 aliphatic rings. The Balaban J connectivity index is 1.97. The molecule has 1 aromatic rings. The van der Waals surface area contributed by atoms with Crippen LogP contribution < -0.4 is 4.54 Å². The Bertz CT molecular complexity index is 845. The first-order valence-corrected chi connectivity index (χ1v) is 11.1. The van der Waals surface area contributed by atoms with Gasteiger partial charge >= 0.3 is 5.03 Å². The van der Waals surface area contributed by atoms with E-state index in [0.29, 0.717) is 25.7 Å². The molecule has 2 fully saturated rings. The Labute approximate surface area is 135 Å². The molecule has 2 saturated carbocycles.